The lowest BCUT2D eigenvalue weighted by atomic mass is 10.3. The number of halogens is 7. The first kappa shape index (κ1) is 20.9. The van der Waals surface area contributed by atoms with Gasteiger partial charge in [-0.25, -0.2) is 13.2 Å². The van der Waals surface area contributed by atoms with Gasteiger partial charge in [0, 0.05) is 18.2 Å². The molecule has 0 bridgehead atoms. The molecule has 0 saturated heterocycles. The Labute approximate surface area is 156 Å². The van der Waals surface area contributed by atoms with Gasteiger partial charge < -0.3 is 9.88 Å². The summed E-state index contributed by atoms with van der Waals surface area (Å²) in [5.41, 5.74) is -1.83. The predicted molar refractivity (Wildman–Crippen MR) is 86.9 cm³/mol. The monoisotopic (exact) mass is 428 g/mol. The third kappa shape index (κ3) is 5.77. The Balaban J connectivity index is 2.26. The molecule has 0 aliphatic carbocycles. The standard InChI is InChI=1S/C15H7ClF6N2O2S/c16-12-7(1-2-15(20,21)22)3-10(27-12)13(25)23-8-4-9(17)14(26)24(5-8)6-11(18)19/h3-5,11H,6H2,(H,23,25). The van der Waals surface area contributed by atoms with Crippen LogP contribution in [0.4, 0.5) is 32.0 Å². The van der Waals surface area contributed by atoms with Crippen LogP contribution >= 0.6 is 22.9 Å². The number of rotatable bonds is 4. The van der Waals surface area contributed by atoms with Crippen LogP contribution in [0.1, 0.15) is 15.2 Å². The molecule has 2 aromatic heterocycles. The van der Waals surface area contributed by atoms with Gasteiger partial charge in [0.1, 0.15) is 4.34 Å². The third-order valence-corrected chi connectivity index (χ3v) is 4.24. The summed E-state index contributed by atoms with van der Waals surface area (Å²) in [6, 6.07) is 1.62. The Kier molecular flexibility index (Phi) is 6.22. The van der Waals surface area contributed by atoms with Crippen molar-refractivity contribution in [2.45, 2.75) is 19.1 Å². The summed E-state index contributed by atoms with van der Waals surface area (Å²) in [6.07, 6.45) is -6.86. The molecule has 0 aromatic carbocycles. The molecule has 0 fully saturated rings. The van der Waals surface area contributed by atoms with Crippen molar-refractivity contribution in [2.24, 2.45) is 0 Å². The van der Waals surface area contributed by atoms with Crippen molar-refractivity contribution in [1.82, 2.24) is 4.57 Å². The number of pyridine rings is 1. The summed E-state index contributed by atoms with van der Waals surface area (Å²) >= 11 is 6.35. The molecule has 0 unspecified atom stereocenters. The number of carbonyl (C=O) groups is 1. The summed E-state index contributed by atoms with van der Waals surface area (Å²) in [5, 5.41) is 2.15. The molecule has 27 heavy (non-hydrogen) atoms. The minimum atomic E-state index is -4.75. The van der Waals surface area contributed by atoms with Gasteiger partial charge in [-0.3, -0.25) is 9.59 Å². The zero-order valence-corrected chi connectivity index (χ0v) is 14.4. The average Bonchev–Trinajstić information content (AvgIpc) is 2.90. The molecule has 0 saturated carbocycles. The first-order chi connectivity index (χ1) is 12.5. The van der Waals surface area contributed by atoms with Gasteiger partial charge in [0.25, 0.3) is 17.9 Å². The van der Waals surface area contributed by atoms with Crippen LogP contribution in [0.3, 0.4) is 0 Å². The lowest BCUT2D eigenvalue weighted by Gasteiger charge is -2.09. The van der Waals surface area contributed by atoms with Crippen LogP contribution in [-0.4, -0.2) is 23.1 Å². The molecule has 12 heteroatoms. The van der Waals surface area contributed by atoms with Crippen LogP contribution in [0, 0.1) is 17.7 Å². The van der Waals surface area contributed by atoms with Gasteiger partial charge in [-0.05, 0) is 6.07 Å². The maximum atomic E-state index is 13.6. The average molecular weight is 429 g/mol. The third-order valence-electron chi connectivity index (χ3n) is 2.88. The topological polar surface area (TPSA) is 51.1 Å². The number of aromatic nitrogens is 1. The fourth-order valence-electron chi connectivity index (χ4n) is 1.85. The van der Waals surface area contributed by atoms with E-state index in [9.17, 15) is 35.9 Å². The van der Waals surface area contributed by atoms with E-state index < -0.39 is 36.4 Å². The Morgan fingerprint density at radius 2 is 2.00 bits per heavy atom. The highest BCUT2D eigenvalue weighted by molar-refractivity contribution is 7.18. The molecular weight excluding hydrogens is 422 g/mol. The van der Waals surface area contributed by atoms with E-state index in [1.807, 2.05) is 0 Å². The highest BCUT2D eigenvalue weighted by Crippen LogP contribution is 2.28. The number of hydrogen-bond donors (Lipinski definition) is 1. The van der Waals surface area contributed by atoms with Gasteiger partial charge >= 0.3 is 6.18 Å². The summed E-state index contributed by atoms with van der Waals surface area (Å²) in [7, 11) is 0. The highest BCUT2D eigenvalue weighted by atomic mass is 35.5. The van der Waals surface area contributed by atoms with Gasteiger partial charge in [-0.15, -0.1) is 11.3 Å². The largest absolute Gasteiger partial charge is 0.458 e. The summed E-state index contributed by atoms with van der Waals surface area (Å²) in [5.74, 6) is 0.510. The lowest BCUT2D eigenvalue weighted by molar-refractivity contribution is -0.0696. The summed E-state index contributed by atoms with van der Waals surface area (Å²) < 4.78 is 74.9. The number of nitrogens with one attached hydrogen (secondary N) is 1. The quantitative estimate of drug-likeness (QED) is 0.588. The zero-order chi connectivity index (χ0) is 20.4. The van der Waals surface area contributed by atoms with Gasteiger partial charge in [0.05, 0.1) is 22.7 Å². The first-order valence-corrected chi connectivity index (χ1v) is 8.04. The Morgan fingerprint density at radius 3 is 2.59 bits per heavy atom. The van der Waals surface area contributed by atoms with Crippen LogP contribution in [-0.2, 0) is 6.54 Å². The van der Waals surface area contributed by atoms with Crippen molar-refractivity contribution in [2.75, 3.05) is 5.32 Å². The van der Waals surface area contributed by atoms with Gasteiger partial charge in [-0.2, -0.15) is 13.2 Å². The normalized spacial score (nSPS) is 11.3. The zero-order valence-electron chi connectivity index (χ0n) is 12.8. The number of hydrogen-bond acceptors (Lipinski definition) is 3. The van der Waals surface area contributed by atoms with Crippen molar-refractivity contribution in [3.63, 3.8) is 0 Å². The molecule has 2 aromatic rings. The van der Waals surface area contributed by atoms with Crippen molar-refractivity contribution in [3.05, 3.63) is 49.3 Å². The van der Waals surface area contributed by atoms with Crippen LogP contribution in [0.2, 0.25) is 4.34 Å². The van der Waals surface area contributed by atoms with Crippen molar-refractivity contribution >= 4 is 34.5 Å². The van der Waals surface area contributed by atoms with E-state index in [1.54, 1.807) is 5.92 Å². The molecule has 144 valence electrons. The molecule has 0 aliphatic heterocycles. The van der Waals surface area contributed by atoms with E-state index in [2.05, 4.69) is 5.32 Å². The van der Waals surface area contributed by atoms with Gasteiger partial charge in [-0.1, -0.05) is 17.5 Å². The second-order valence-electron chi connectivity index (χ2n) is 4.93. The van der Waals surface area contributed by atoms with Crippen LogP contribution < -0.4 is 10.9 Å². The highest BCUT2D eigenvalue weighted by Gasteiger charge is 2.23. The number of anilines is 1. The molecule has 4 nitrogen and oxygen atoms in total. The number of carbonyl (C=O) groups excluding carboxylic acids is 1. The smallest absolute Gasteiger partial charge is 0.320 e. The molecule has 0 atom stereocenters. The molecule has 1 N–H and O–H groups in total. The number of nitrogens with zero attached hydrogens (tertiary/aromatic N) is 1. The van der Waals surface area contributed by atoms with Crippen molar-refractivity contribution in [3.8, 4) is 11.8 Å². The van der Waals surface area contributed by atoms with E-state index in [0.29, 0.717) is 22.0 Å². The maximum Gasteiger partial charge on any atom is 0.458 e. The van der Waals surface area contributed by atoms with Crippen LogP contribution in [0.5, 0.6) is 0 Å². The second kappa shape index (κ2) is 8.06. The van der Waals surface area contributed by atoms with Crippen molar-refractivity contribution in [1.29, 1.82) is 0 Å². The van der Waals surface area contributed by atoms with E-state index >= 15 is 0 Å². The van der Waals surface area contributed by atoms with Crippen LogP contribution in [0.25, 0.3) is 0 Å². The van der Waals surface area contributed by atoms with E-state index in [0.717, 1.165) is 18.2 Å². The second-order valence-corrected chi connectivity index (χ2v) is 6.58. The fourth-order valence-corrected chi connectivity index (χ4v) is 2.93. The molecule has 0 radical (unpaired) electrons. The van der Waals surface area contributed by atoms with Gasteiger partial charge in [0.2, 0.25) is 0 Å². The molecule has 2 rings (SSSR count). The minimum absolute atomic E-state index is 0.154. The summed E-state index contributed by atoms with van der Waals surface area (Å²) in [6.45, 7) is -1.08. The minimum Gasteiger partial charge on any atom is -0.320 e. The molecular formula is C15H7ClF6N2O2S. The van der Waals surface area contributed by atoms with E-state index in [1.165, 1.54) is 0 Å². The molecule has 0 aliphatic rings. The molecule has 0 spiro atoms. The van der Waals surface area contributed by atoms with Crippen LogP contribution in [0.15, 0.2) is 23.1 Å². The maximum absolute atomic E-state index is 13.6. The first-order valence-electron chi connectivity index (χ1n) is 6.85. The van der Waals surface area contributed by atoms with E-state index in [-0.39, 0.29) is 20.5 Å². The predicted octanol–water partition coefficient (Wildman–Crippen LogP) is 4.13. The fraction of sp³-hybridized carbons (Fsp3) is 0.200. The van der Waals surface area contributed by atoms with E-state index in [4.69, 9.17) is 11.6 Å². The number of amides is 1. The number of alkyl halides is 5. The Hall–Kier alpha value is -2.45. The van der Waals surface area contributed by atoms with Crippen molar-refractivity contribution < 1.29 is 31.1 Å². The summed E-state index contributed by atoms with van der Waals surface area (Å²) in [4.78, 5) is 23.4. The lowest BCUT2D eigenvalue weighted by Crippen LogP contribution is -2.26. The number of thiophene rings is 1. The molecule has 1 amide bonds. The van der Waals surface area contributed by atoms with Gasteiger partial charge in [0.15, 0.2) is 5.82 Å². The molecule has 2 heterocycles. The Bertz CT molecular complexity index is 987. The SMILES string of the molecule is O=C(Nc1cc(F)c(=O)n(CC(F)F)c1)c1cc(C#CC(F)(F)F)c(Cl)s1. The Morgan fingerprint density at radius 1 is 1.33 bits per heavy atom.